The number of carbonyl (C=O) groups excluding carboxylic acids is 4. The van der Waals surface area contributed by atoms with E-state index < -0.39 is 0 Å². The summed E-state index contributed by atoms with van der Waals surface area (Å²) >= 11 is 0. The van der Waals surface area contributed by atoms with Crippen LogP contribution in [0.25, 0.3) is 0 Å². The number of carbonyl (C=O) groups is 4. The molecule has 0 amide bonds. The van der Waals surface area contributed by atoms with Gasteiger partial charge < -0.3 is 0 Å². The lowest BCUT2D eigenvalue weighted by molar-refractivity contribution is 0.0955. The van der Waals surface area contributed by atoms with Crippen molar-refractivity contribution in [2.24, 2.45) is 0 Å². The van der Waals surface area contributed by atoms with Gasteiger partial charge in [-0.25, -0.2) is 0 Å². The van der Waals surface area contributed by atoms with Crippen LogP contribution in [0.3, 0.4) is 0 Å². The molecule has 0 heterocycles. The van der Waals surface area contributed by atoms with E-state index in [1.165, 1.54) is 26.0 Å². The monoisotopic (exact) mass is 274 g/mol. The largest absolute Gasteiger partial charge is 0.294 e. The van der Waals surface area contributed by atoms with Gasteiger partial charge in [0.05, 0.1) is 0 Å². The third kappa shape index (κ3) is 3.07. The van der Waals surface area contributed by atoms with Crippen LogP contribution in [-0.2, 0) is 0 Å². The van der Waals surface area contributed by atoms with E-state index in [-0.39, 0.29) is 58.2 Å². The van der Waals surface area contributed by atoms with Gasteiger partial charge in [-0.2, -0.15) is 0 Å². The minimum atomic E-state index is -0.290. The molecule has 4 nitrogen and oxygen atoms in total. The summed E-state index contributed by atoms with van der Waals surface area (Å²) in [6.45, 7) is 6.06. The third-order valence-corrected chi connectivity index (χ3v) is 3.16. The molecule has 0 spiro atoms. The molecule has 0 atom stereocenters. The molecular formula is C16H18O4. The first-order chi connectivity index (χ1) is 9.33. The smallest absolute Gasteiger partial charge is 0.163 e. The molecular weight excluding hydrogens is 256 g/mol. The standard InChI is InChI=1S/C16H18O4/c1-5-15(19)13-7-12(10(4)18)14(16(20)6-2)8-11(13)9(3)17/h7-8H,5-6H2,1-4H3. The molecule has 1 aromatic rings. The Morgan fingerprint density at radius 2 is 1.00 bits per heavy atom. The zero-order valence-electron chi connectivity index (χ0n) is 12.2. The summed E-state index contributed by atoms with van der Waals surface area (Å²) in [5.41, 5.74) is 0.855. The normalized spacial score (nSPS) is 10.2. The van der Waals surface area contributed by atoms with E-state index in [2.05, 4.69) is 0 Å². The van der Waals surface area contributed by atoms with Crippen molar-refractivity contribution in [2.75, 3.05) is 0 Å². The lowest BCUT2D eigenvalue weighted by Gasteiger charge is -2.11. The van der Waals surface area contributed by atoms with Crippen molar-refractivity contribution >= 4 is 23.1 Å². The Morgan fingerprint density at radius 3 is 1.20 bits per heavy atom. The number of hydrogen-bond donors (Lipinski definition) is 0. The highest BCUT2D eigenvalue weighted by Gasteiger charge is 2.21. The van der Waals surface area contributed by atoms with Crippen molar-refractivity contribution < 1.29 is 19.2 Å². The third-order valence-electron chi connectivity index (χ3n) is 3.16. The van der Waals surface area contributed by atoms with Crippen LogP contribution in [0, 0.1) is 0 Å². The molecule has 0 unspecified atom stereocenters. The Kier molecular flexibility index (Phi) is 5.08. The van der Waals surface area contributed by atoms with Gasteiger partial charge >= 0.3 is 0 Å². The predicted octanol–water partition coefficient (Wildman–Crippen LogP) is 3.28. The van der Waals surface area contributed by atoms with Gasteiger partial charge in [-0.15, -0.1) is 0 Å². The quantitative estimate of drug-likeness (QED) is 0.746. The van der Waals surface area contributed by atoms with Crippen LogP contribution in [-0.4, -0.2) is 23.1 Å². The van der Waals surface area contributed by atoms with Gasteiger partial charge in [0, 0.05) is 35.1 Å². The number of hydrogen-bond acceptors (Lipinski definition) is 4. The molecule has 0 saturated heterocycles. The van der Waals surface area contributed by atoms with Gasteiger partial charge in [0.1, 0.15) is 0 Å². The minimum Gasteiger partial charge on any atom is -0.294 e. The summed E-state index contributed by atoms with van der Waals surface area (Å²) in [5.74, 6) is -1.01. The van der Waals surface area contributed by atoms with Crippen molar-refractivity contribution in [1.29, 1.82) is 0 Å². The summed E-state index contributed by atoms with van der Waals surface area (Å²) in [4.78, 5) is 47.2. The molecule has 0 radical (unpaired) electrons. The van der Waals surface area contributed by atoms with E-state index in [1.807, 2.05) is 0 Å². The average molecular weight is 274 g/mol. The molecule has 1 aromatic carbocycles. The maximum Gasteiger partial charge on any atom is 0.163 e. The molecule has 0 aliphatic rings. The van der Waals surface area contributed by atoms with Crippen LogP contribution >= 0.6 is 0 Å². The Balaban J connectivity index is 3.68. The lowest BCUT2D eigenvalue weighted by Crippen LogP contribution is -2.14. The van der Waals surface area contributed by atoms with Gasteiger partial charge in [0.2, 0.25) is 0 Å². The zero-order chi connectivity index (χ0) is 15.4. The first-order valence-corrected chi connectivity index (χ1v) is 6.59. The van der Waals surface area contributed by atoms with Crippen LogP contribution in [0.2, 0.25) is 0 Å². The molecule has 4 heteroatoms. The summed E-state index contributed by atoms with van der Waals surface area (Å²) in [6, 6.07) is 2.77. The highest BCUT2D eigenvalue weighted by atomic mass is 16.1. The summed E-state index contributed by atoms with van der Waals surface area (Å²) in [7, 11) is 0. The molecule has 0 fully saturated rings. The average Bonchev–Trinajstić information content (AvgIpc) is 2.43. The van der Waals surface area contributed by atoms with Crippen LogP contribution in [0.4, 0.5) is 0 Å². The number of rotatable bonds is 6. The van der Waals surface area contributed by atoms with Crippen molar-refractivity contribution in [3.63, 3.8) is 0 Å². The predicted molar refractivity (Wildman–Crippen MR) is 75.7 cm³/mol. The van der Waals surface area contributed by atoms with Crippen LogP contribution in [0.5, 0.6) is 0 Å². The van der Waals surface area contributed by atoms with Crippen molar-refractivity contribution in [3.8, 4) is 0 Å². The Labute approximate surface area is 118 Å². The SMILES string of the molecule is CCC(=O)c1cc(C(C)=O)c(C(=O)CC)cc1C(C)=O. The highest BCUT2D eigenvalue weighted by Crippen LogP contribution is 2.21. The fourth-order valence-corrected chi connectivity index (χ4v) is 2.02. The Hall–Kier alpha value is -2.10. The van der Waals surface area contributed by atoms with Gasteiger partial charge in [-0.1, -0.05) is 13.8 Å². The van der Waals surface area contributed by atoms with E-state index in [1.54, 1.807) is 13.8 Å². The second-order valence-corrected chi connectivity index (χ2v) is 4.61. The summed E-state index contributed by atoms with van der Waals surface area (Å²) in [6.07, 6.45) is 0.470. The maximum atomic E-state index is 11.9. The Bertz CT molecular complexity index is 543. The fourth-order valence-electron chi connectivity index (χ4n) is 2.02. The fraction of sp³-hybridized carbons (Fsp3) is 0.375. The van der Waals surface area contributed by atoms with Gasteiger partial charge in [0.15, 0.2) is 23.1 Å². The second-order valence-electron chi connectivity index (χ2n) is 4.61. The molecule has 106 valence electrons. The molecule has 0 aliphatic carbocycles. The van der Waals surface area contributed by atoms with Crippen molar-refractivity contribution in [3.05, 3.63) is 34.4 Å². The van der Waals surface area contributed by atoms with Gasteiger partial charge in [-0.3, -0.25) is 19.2 Å². The molecule has 20 heavy (non-hydrogen) atoms. The van der Waals surface area contributed by atoms with Crippen LogP contribution < -0.4 is 0 Å². The number of Topliss-reactive ketones (excluding diaryl/α,β-unsaturated/α-hetero) is 4. The number of benzene rings is 1. The number of ketones is 4. The van der Waals surface area contributed by atoms with E-state index in [0.717, 1.165) is 0 Å². The molecule has 0 bridgehead atoms. The van der Waals surface area contributed by atoms with E-state index >= 15 is 0 Å². The van der Waals surface area contributed by atoms with Gasteiger partial charge in [-0.05, 0) is 26.0 Å². The van der Waals surface area contributed by atoms with E-state index in [4.69, 9.17) is 0 Å². The second kappa shape index (κ2) is 6.37. The van der Waals surface area contributed by atoms with Crippen LogP contribution in [0.15, 0.2) is 12.1 Å². The van der Waals surface area contributed by atoms with Crippen molar-refractivity contribution in [2.45, 2.75) is 40.5 Å². The molecule has 0 aromatic heterocycles. The summed E-state index contributed by atoms with van der Waals surface area (Å²) < 4.78 is 0. The highest BCUT2D eigenvalue weighted by molar-refractivity contribution is 6.14. The van der Waals surface area contributed by atoms with Crippen molar-refractivity contribution in [1.82, 2.24) is 0 Å². The first-order valence-electron chi connectivity index (χ1n) is 6.59. The lowest BCUT2D eigenvalue weighted by atomic mass is 9.90. The topological polar surface area (TPSA) is 68.3 Å². The molecule has 0 aliphatic heterocycles. The Morgan fingerprint density at radius 1 is 0.700 bits per heavy atom. The molecule has 1 rings (SSSR count). The van der Waals surface area contributed by atoms with E-state index in [0.29, 0.717) is 0 Å². The molecule has 0 N–H and O–H groups in total. The molecule has 0 saturated carbocycles. The maximum absolute atomic E-state index is 11.9. The summed E-state index contributed by atoms with van der Waals surface area (Å²) in [5, 5.41) is 0. The zero-order valence-corrected chi connectivity index (χ0v) is 12.2. The van der Waals surface area contributed by atoms with Crippen LogP contribution in [0.1, 0.15) is 82.0 Å². The van der Waals surface area contributed by atoms with Gasteiger partial charge in [0.25, 0.3) is 0 Å². The van der Waals surface area contributed by atoms with E-state index in [9.17, 15) is 19.2 Å². The first kappa shape index (κ1) is 16.0. The minimum absolute atomic E-state index is 0.207.